The molecule has 1 heterocycles. The first kappa shape index (κ1) is 23.2. The zero-order chi connectivity index (χ0) is 25.2. The van der Waals surface area contributed by atoms with Crippen LogP contribution >= 0.6 is 11.3 Å². The molecule has 0 spiro atoms. The van der Waals surface area contributed by atoms with Crippen LogP contribution in [0, 0.1) is 0 Å². The van der Waals surface area contributed by atoms with Crippen LogP contribution in [-0.4, -0.2) is 0 Å². The van der Waals surface area contributed by atoms with E-state index in [1.165, 1.54) is 59.1 Å². The number of benzene rings is 5. The highest BCUT2D eigenvalue weighted by atomic mass is 32.1. The van der Waals surface area contributed by atoms with Gasteiger partial charge in [0.25, 0.3) is 0 Å². The standard InChI is InChI=1S/C36H28S/c1-3-10-32-33-22-21-31(24-35(33)37-34(32)4-2)36(27-12-6-5-7-13-27)28-18-15-26(16-19-28)30-20-17-25-11-8-9-14-29(25)23-30/h3-24,36H,2H2,1H3/b10-3-. The van der Waals surface area contributed by atoms with Gasteiger partial charge in [-0.2, -0.15) is 0 Å². The van der Waals surface area contributed by atoms with Gasteiger partial charge in [-0.25, -0.2) is 0 Å². The minimum atomic E-state index is 0.163. The van der Waals surface area contributed by atoms with Crippen molar-refractivity contribution in [3.05, 3.63) is 155 Å². The fourth-order valence-corrected chi connectivity index (χ4v) is 6.37. The normalized spacial score (nSPS) is 12.4. The van der Waals surface area contributed by atoms with Gasteiger partial charge in [-0.05, 0) is 63.2 Å². The molecule has 0 aliphatic rings. The zero-order valence-corrected chi connectivity index (χ0v) is 21.7. The van der Waals surface area contributed by atoms with Crippen LogP contribution in [0.1, 0.15) is 40.0 Å². The molecular weight excluding hydrogens is 464 g/mol. The van der Waals surface area contributed by atoms with E-state index in [2.05, 4.69) is 141 Å². The lowest BCUT2D eigenvalue weighted by Gasteiger charge is -2.19. The predicted molar refractivity (Wildman–Crippen MR) is 163 cm³/mol. The summed E-state index contributed by atoms with van der Waals surface area (Å²) >= 11 is 1.82. The number of hydrogen-bond acceptors (Lipinski definition) is 1. The van der Waals surface area contributed by atoms with E-state index in [-0.39, 0.29) is 5.92 Å². The molecule has 0 N–H and O–H groups in total. The van der Waals surface area contributed by atoms with E-state index in [4.69, 9.17) is 0 Å². The van der Waals surface area contributed by atoms with Gasteiger partial charge in [0.2, 0.25) is 0 Å². The third-order valence-corrected chi connectivity index (χ3v) is 8.26. The Morgan fingerprint density at radius 1 is 0.649 bits per heavy atom. The first-order valence-electron chi connectivity index (χ1n) is 12.7. The van der Waals surface area contributed by atoms with Crippen molar-refractivity contribution >= 4 is 44.3 Å². The van der Waals surface area contributed by atoms with Crippen LogP contribution in [0.5, 0.6) is 0 Å². The van der Waals surface area contributed by atoms with Gasteiger partial charge in [-0.15, -0.1) is 11.3 Å². The van der Waals surface area contributed by atoms with Gasteiger partial charge in [0.05, 0.1) is 0 Å². The van der Waals surface area contributed by atoms with Crippen LogP contribution in [0.3, 0.4) is 0 Å². The third-order valence-electron chi connectivity index (χ3n) is 7.09. The van der Waals surface area contributed by atoms with E-state index in [0.29, 0.717) is 0 Å². The van der Waals surface area contributed by atoms with E-state index >= 15 is 0 Å². The van der Waals surface area contributed by atoms with Gasteiger partial charge in [-0.1, -0.05) is 128 Å². The Bertz CT molecular complexity index is 1730. The molecule has 178 valence electrons. The van der Waals surface area contributed by atoms with Crippen LogP contribution in [0.25, 0.3) is 44.1 Å². The Kier molecular flexibility index (Phi) is 6.30. The molecule has 37 heavy (non-hydrogen) atoms. The van der Waals surface area contributed by atoms with E-state index in [9.17, 15) is 0 Å². The van der Waals surface area contributed by atoms with Crippen molar-refractivity contribution in [2.24, 2.45) is 0 Å². The molecule has 0 aliphatic heterocycles. The van der Waals surface area contributed by atoms with Crippen molar-refractivity contribution < 1.29 is 0 Å². The fourth-order valence-electron chi connectivity index (χ4n) is 5.28. The average molecular weight is 493 g/mol. The minimum absolute atomic E-state index is 0.163. The summed E-state index contributed by atoms with van der Waals surface area (Å²) in [6.07, 6.45) is 6.27. The van der Waals surface area contributed by atoms with Gasteiger partial charge >= 0.3 is 0 Å². The summed E-state index contributed by atoms with van der Waals surface area (Å²) in [4.78, 5) is 1.22. The number of fused-ring (bicyclic) bond motifs is 2. The van der Waals surface area contributed by atoms with Crippen molar-refractivity contribution in [3.8, 4) is 11.1 Å². The maximum absolute atomic E-state index is 4.05. The molecule has 0 fully saturated rings. The van der Waals surface area contributed by atoms with Crippen molar-refractivity contribution in [2.45, 2.75) is 12.8 Å². The van der Waals surface area contributed by atoms with Gasteiger partial charge in [0.15, 0.2) is 0 Å². The van der Waals surface area contributed by atoms with E-state index < -0.39 is 0 Å². The topological polar surface area (TPSA) is 0 Å². The molecule has 1 heteroatoms. The Hall–Kier alpha value is -4.20. The molecule has 0 bridgehead atoms. The highest BCUT2D eigenvalue weighted by molar-refractivity contribution is 7.20. The van der Waals surface area contributed by atoms with Crippen LogP contribution in [0.15, 0.2) is 128 Å². The Morgan fingerprint density at radius 2 is 1.32 bits per heavy atom. The SMILES string of the molecule is C=Cc1sc2cc(C(c3ccccc3)c3ccc(-c4ccc5ccccc5c4)cc3)ccc2c1/C=C\C. The number of thiophene rings is 1. The number of rotatable bonds is 6. The first-order valence-corrected chi connectivity index (χ1v) is 13.5. The van der Waals surface area contributed by atoms with Crippen LogP contribution in [0.2, 0.25) is 0 Å². The second-order valence-electron chi connectivity index (χ2n) is 9.37. The molecule has 5 aromatic carbocycles. The molecule has 6 rings (SSSR count). The van der Waals surface area contributed by atoms with Crippen molar-refractivity contribution in [2.75, 3.05) is 0 Å². The fraction of sp³-hybridized carbons (Fsp3) is 0.0556. The quantitative estimate of drug-likeness (QED) is 0.203. The zero-order valence-electron chi connectivity index (χ0n) is 20.9. The molecule has 0 saturated carbocycles. The number of hydrogen-bond donors (Lipinski definition) is 0. The summed E-state index contributed by atoms with van der Waals surface area (Å²) in [6.45, 7) is 6.12. The first-order chi connectivity index (χ1) is 18.2. The molecule has 0 radical (unpaired) electrons. The molecule has 0 aliphatic carbocycles. The van der Waals surface area contributed by atoms with E-state index in [1.807, 2.05) is 17.4 Å². The Morgan fingerprint density at radius 3 is 2.08 bits per heavy atom. The Balaban J connectivity index is 1.43. The minimum Gasteiger partial charge on any atom is -0.135 e. The van der Waals surface area contributed by atoms with Crippen LogP contribution in [-0.2, 0) is 0 Å². The summed E-state index contributed by atoms with van der Waals surface area (Å²) in [6, 6.07) is 42.1. The highest BCUT2D eigenvalue weighted by Gasteiger charge is 2.19. The molecular formula is C36H28S. The summed E-state index contributed by atoms with van der Waals surface area (Å²) in [5.41, 5.74) is 7.65. The average Bonchev–Trinajstić information content (AvgIpc) is 3.31. The van der Waals surface area contributed by atoms with E-state index in [1.54, 1.807) is 0 Å². The summed E-state index contributed by atoms with van der Waals surface area (Å²) in [5.74, 6) is 0.163. The lowest BCUT2D eigenvalue weighted by atomic mass is 9.84. The molecule has 1 unspecified atom stereocenters. The lowest BCUT2D eigenvalue weighted by Crippen LogP contribution is -2.03. The smallest absolute Gasteiger partial charge is 0.0358 e. The molecule has 0 saturated heterocycles. The van der Waals surface area contributed by atoms with Gasteiger partial charge < -0.3 is 0 Å². The Labute approximate surface area is 222 Å². The molecule has 1 aromatic heterocycles. The maximum Gasteiger partial charge on any atom is 0.0358 e. The summed E-state index contributed by atoms with van der Waals surface area (Å²) in [7, 11) is 0. The highest BCUT2D eigenvalue weighted by Crippen LogP contribution is 2.39. The van der Waals surface area contributed by atoms with Crippen molar-refractivity contribution in [3.63, 3.8) is 0 Å². The third kappa shape index (κ3) is 4.43. The molecule has 0 nitrogen and oxygen atoms in total. The number of allylic oxidation sites excluding steroid dienone is 1. The van der Waals surface area contributed by atoms with Crippen LogP contribution < -0.4 is 0 Å². The molecule has 6 aromatic rings. The van der Waals surface area contributed by atoms with Crippen molar-refractivity contribution in [1.29, 1.82) is 0 Å². The van der Waals surface area contributed by atoms with Crippen LogP contribution in [0.4, 0.5) is 0 Å². The largest absolute Gasteiger partial charge is 0.135 e. The summed E-state index contributed by atoms with van der Waals surface area (Å²) < 4.78 is 1.30. The van der Waals surface area contributed by atoms with Gasteiger partial charge in [0.1, 0.15) is 0 Å². The molecule has 1 atom stereocenters. The molecule has 0 amide bonds. The second-order valence-corrected chi connectivity index (χ2v) is 10.5. The van der Waals surface area contributed by atoms with Gasteiger partial charge in [-0.3, -0.25) is 0 Å². The summed E-state index contributed by atoms with van der Waals surface area (Å²) in [5, 5.41) is 3.83. The van der Waals surface area contributed by atoms with Crippen molar-refractivity contribution in [1.82, 2.24) is 0 Å². The monoisotopic (exact) mass is 492 g/mol. The second kappa shape index (κ2) is 10.0. The lowest BCUT2D eigenvalue weighted by molar-refractivity contribution is 0.981. The van der Waals surface area contributed by atoms with Gasteiger partial charge in [0, 0.05) is 20.9 Å². The maximum atomic E-state index is 4.05. The predicted octanol–water partition coefficient (Wildman–Crippen LogP) is 10.6. The van der Waals surface area contributed by atoms with E-state index in [0.717, 1.165) is 0 Å².